The minimum Gasteiger partial charge on any atom is -0.490 e. The second-order valence-corrected chi connectivity index (χ2v) is 9.55. The number of rotatable bonds is 8. The van der Waals surface area contributed by atoms with Crippen molar-refractivity contribution < 1.29 is 27.1 Å². The molecule has 0 bridgehead atoms. The Morgan fingerprint density at radius 1 is 1.03 bits per heavy atom. The SMILES string of the molecule is CC(CCc1ccco1)NS(=O)(=O)c1cccc(C(=O)Nc2ccc3c(c2)OCCCO3)c1. The van der Waals surface area contributed by atoms with E-state index in [2.05, 4.69) is 10.0 Å². The Bertz CT molecular complexity index is 1210. The summed E-state index contributed by atoms with van der Waals surface area (Å²) in [5, 5.41) is 2.78. The molecule has 174 valence electrons. The first-order valence-electron chi connectivity index (χ1n) is 10.8. The van der Waals surface area contributed by atoms with Crippen LogP contribution in [0.15, 0.2) is 70.2 Å². The number of nitrogens with one attached hydrogen (secondary N) is 2. The standard InChI is InChI=1S/C24H26N2O6S/c1-17(8-10-20-6-3-12-30-20)26-33(28,29)21-7-2-5-18(15-21)24(27)25-19-9-11-22-23(16-19)32-14-4-13-31-22/h2-3,5-7,9,11-12,15-17,26H,4,8,10,13-14H2,1H3,(H,25,27). The van der Waals surface area contributed by atoms with Gasteiger partial charge in [0, 0.05) is 36.2 Å². The summed E-state index contributed by atoms with van der Waals surface area (Å²) < 4.78 is 44.9. The van der Waals surface area contributed by atoms with Gasteiger partial charge in [-0.1, -0.05) is 6.07 Å². The highest BCUT2D eigenvalue weighted by Gasteiger charge is 2.20. The molecule has 1 atom stereocenters. The van der Waals surface area contributed by atoms with Crippen LogP contribution in [-0.2, 0) is 16.4 Å². The highest BCUT2D eigenvalue weighted by atomic mass is 32.2. The lowest BCUT2D eigenvalue weighted by molar-refractivity contribution is 0.102. The first-order chi connectivity index (χ1) is 15.9. The van der Waals surface area contributed by atoms with E-state index in [1.165, 1.54) is 12.1 Å². The molecule has 9 heteroatoms. The predicted molar refractivity (Wildman–Crippen MR) is 123 cm³/mol. The van der Waals surface area contributed by atoms with Crippen LogP contribution in [0.2, 0.25) is 0 Å². The third-order valence-corrected chi connectivity index (χ3v) is 6.76. The van der Waals surface area contributed by atoms with Crippen LogP contribution in [0.25, 0.3) is 0 Å². The quantitative estimate of drug-likeness (QED) is 0.516. The predicted octanol–water partition coefficient (Wildman–Crippen LogP) is 3.99. The molecule has 1 aliphatic heterocycles. The van der Waals surface area contributed by atoms with Gasteiger partial charge in [-0.05, 0) is 55.8 Å². The monoisotopic (exact) mass is 470 g/mol. The van der Waals surface area contributed by atoms with Crippen molar-refractivity contribution in [2.45, 2.75) is 37.1 Å². The van der Waals surface area contributed by atoms with E-state index in [0.29, 0.717) is 43.2 Å². The van der Waals surface area contributed by atoms with E-state index < -0.39 is 15.9 Å². The van der Waals surface area contributed by atoms with Gasteiger partial charge in [0.1, 0.15) is 5.76 Å². The molecule has 2 N–H and O–H groups in total. The number of ether oxygens (including phenoxy) is 2. The van der Waals surface area contributed by atoms with Crippen LogP contribution in [0.4, 0.5) is 5.69 Å². The number of aryl methyl sites for hydroxylation is 1. The molecule has 2 heterocycles. The molecule has 0 spiro atoms. The van der Waals surface area contributed by atoms with Gasteiger partial charge in [0.2, 0.25) is 10.0 Å². The molecule has 8 nitrogen and oxygen atoms in total. The molecular formula is C24H26N2O6S. The van der Waals surface area contributed by atoms with Gasteiger partial charge in [-0.2, -0.15) is 0 Å². The number of sulfonamides is 1. The van der Waals surface area contributed by atoms with Crippen molar-refractivity contribution >= 4 is 21.6 Å². The van der Waals surface area contributed by atoms with Crippen LogP contribution in [-0.4, -0.2) is 33.6 Å². The summed E-state index contributed by atoms with van der Waals surface area (Å²) in [6.07, 6.45) is 3.58. The minimum atomic E-state index is -3.79. The molecular weight excluding hydrogens is 444 g/mol. The smallest absolute Gasteiger partial charge is 0.255 e. The zero-order valence-electron chi connectivity index (χ0n) is 18.2. The van der Waals surface area contributed by atoms with Gasteiger partial charge < -0.3 is 19.2 Å². The zero-order valence-corrected chi connectivity index (χ0v) is 19.1. The van der Waals surface area contributed by atoms with Crippen molar-refractivity contribution in [3.8, 4) is 11.5 Å². The lowest BCUT2D eigenvalue weighted by atomic mass is 10.2. The summed E-state index contributed by atoms with van der Waals surface area (Å²) in [5.41, 5.74) is 0.760. The first kappa shape index (κ1) is 22.9. The number of amides is 1. The molecule has 1 aromatic heterocycles. The Morgan fingerprint density at radius 2 is 1.85 bits per heavy atom. The average molecular weight is 471 g/mol. The second-order valence-electron chi connectivity index (χ2n) is 7.83. The molecule has 3 aromatic rings. The fourth-order valence-electron chi connectivity index (χ4n) is 3.45. The molecule has 0 saturated heterocycles. The molecule has 0 fully saturated rings. The molecule has 0 aliphatic carbocycles. The summed E-state index contributed by atoms with van der Waals surface area (Å²) >= 11 is 0. The van der Waals surface area contributed by atoms with Gasteiger partial charge in [0.15, 0.2) is 11.5 Å². The lowest BCUT2D eigenvalue weighted by Gasteiger charge is -2.14. The first-order valence-corrected chi connectivity index (χ1v) is 12.2. The minimum absolute atomic E-state index is 0.0265. The Kier molecular flexibility index (Phi) is 7.00. The van der Waals surface area contributed by atoms with E-state index in [1.54, 1.807) is 49.6 Å². The summed E-state index contributed by atoms with van der Waals surface area (Å²) in [5.74, 6) is 1.57. The van der Waals surface area contributed by atoms with Crippen molar-refractivity contribution in [1.82, 2.24) is 4.72 Å². The largest absolute Gasteiger partial charge is 0.490 e. The molecule has 1 aliphatic rings. The van der Waals surface area contributed by atoms with Gasteiger partial charge in [0.05, 0.1) is 24.4 Å². The van der Waals surface area contributed by atoms with Gasteiger partial charge in [-0.25, -0.2) is 13.1 Å². The normalized spacial score (nSPS) is 14.3. The topological polar surface area (TPSA) is 107 Å². The maximum atomic E-state index is 12.8. The number of furan rings is 1. The van der Waals surface area contributed by atoms with E-state index in [-0.39, 0.29) is 16.5 Å². The summed E-state index contributed by atoms with van der Waals surface area (Å²) in [6.45, 7) is 2.91. The second kappa shape index (κ2) is 10.1. The molecule has 33 heavy (non-hydrogen) atoms. The van der Waals surface area contributed by atoms with E-state index in [9.17, 15) is 13.2 Å². The number of fused-ring (bicyclic) bond motifs is 1. The lowest BCUT2D eigenvalue weighted by Crippen LogP contribution is -2.33. The van der Waals surface area contributed by atoms with Crippen LogP contribution in [0.1, 0.15) is 35.9 Å². The third-order valence-electron chi connectivity index (χ3n) is 5.17. The maximum absolute atomic E-state index is 12.8. The molecule has 0 radical (unpaired) electrons. The molecule has 4 rings (SSSR count). The van der Waals surface area contributed by atoms with Crippen LogP contribution >= 0.6 is 0 Å². The van der Waals surface area contributed by atoms with Crippen LogP contribution in [0, 0.1) is 0 Å². The van der Waals surface area contributed by atoms with E-state index in [0.717, 1.165) is 12.2 Å². The number of carbonyl (C=O) groups is 1. The Labute approximate surface area is 193 Å². The Hall–Kier alpha value is -3.30. The van der Waals surface area contributed by atoms with Gasteiger partial charge in [0.25, 0.3) is 5.91 Å². The number of anilines is 1. The highest BCUT2D eigenvalue weighted by molar-refractivity contribution is 7.89. The fraction of sp³-hybridized carbons (Fsp3) is 0.292. The Balaban J connectivity index is 1.42. The molecule has 2 aromatic carbocycles. The van der Waals surface area contributed by atoms with Crippen molar-refractivity contribution in [3.05, 3.63) is 72.2 Å². The molecule has 1 amide bonds. The summed E-state index contributed by atoms with van der Waals surface area (Å²) in [6, 6.07) is 14.4. The number of hydrogen-bond acceptors (Lipinski definition) is 6. The summed E-state index contributed by atoms with van der Waals surface area (Å²) in [7, 11) is -3.79. The van der Waals surface area contributed by atoms with Crippen molar-refractivity contribution in [2.75, 3.05) is 18.5 Å². The van der Waals surface area contributed by atoms with E-state index in [1.807, 2.05) is 6.07 Å². The van der Waals surface area contributed by atoms with Crippen molar-refractivity contribution in [2.24, 2.45) is 0 Å². The van der Waals surface area contributed by atoms with Crippen LogP contribution in [0.3, 0.4) is 0 Å². The highest BCUT2D eigenvalue weighted by Crippen LogP contribution is 2.32. The third kappa shape index (κ3) is 5.94. The van der Waals surface area contributed by atoms with E-state index in [4.69, 9.17) is 13.9 Å². The van der Waals surface area contributed by atoms with Gasteiger partial charge in [-0.3, -0.25) is 4.79 Å². The molecule has 0 saturated carbocycles. The van der Waals surface area contributed by atoms with Gasteiger partial charge in [-0.15, -0.1) is 0 Å². The van der Waals surface area contributed by atoms with Crippen LogP contribution < -0.4 is 19.5 Å². The Morgan fingerprint density at radius 3 is 2.64 bits per heavy atom. The van der Waals surface area contributed by atoms with Crippen molar-refractivity contribution in [1.29, 1.82) is 0 Å². The average Bonchev–Trinajstić information content (AvgIpc) is 3.22. The molecule has 1 unspecified atom stereocenters. The number of hydrogen-bond donors (Lipinski definition) is 2. The summed E-state index contributed by atoms with van der Waals surface area (Å²) in [4.78, 5) is 12.8. The van der Waals surface area contributed by atoms with Crippen molar-refractivity contribution in [3.63, 3.8) is 0 Å². The maximum Gasteiger partial charge on any atom is 0.255 e. The zero-order chi connectivity index (χ0) is 23.3. The number of carbonyl (C=O) groups excluding carboxylic acids is 1. The fourth-order valence-corrected chi connectivity index (χ4v) is 4.78. The number of benzene rings is 2. The van der Waals surface area contributed by atoms with E-state index >= 15 is 0 Å². The van der Waals surface area contributed by atoms with Gasteiger partial charge >= 0.3 is 0 Å². The van der Waals surface area contributed by atoms with Crippen LogP contribution in [0.5, 0.6) is 11.5 Å².